The Hall–Kier alpha value is -0.740. The molecule has 0 aliphatic carbocycles. The van der Waals surface area contributed by atoms with Crippen molar-refractivity contribution >= 4 is 39.3 Å². The maximum absolute atomic E-state index is 10.8. The van der Waals surface area contributed by atoms with E-state index >= 15 is 0 Å². The Balaban J connectivity index is 2.89. The van der Waals surface area contributed by atoms with E-state index in [1.165, 1.54) is 7.11 Å². The second-order valence-electron chi connectivity index (χ2n) is 2.22. The van der Waals surface area contributed by atoms with E-state index in [0.717, 1.165) is 0 Å². The average Bonchev–Trinajstić information content (AvgIpc) is 2.13. The number of nitrogens with one attached hydrogen (secondary N) is 1. The molecule has 0 bridgehead atoms. The van der Waals surface area contributed by atoms with Crippen molar-refractivity contribution in [2.24, 2.45) is 0 Å². The Labute approximate surface area is 89.2 Å². The minimum atomic E-state index is -0.525. The summed E-state index contributed by atoms with van der Waals surface area (Å²) in [7, 11) is 1.30. The van der Waals surface area contributed by atoms with Gasteiger partial charge >= 0.3 is 6.09 Å². The molecule has 0 unspecified atom stereocenters. The van der Waals surface area contributed by atoms with E-state index in [1.807, 2.05) is 0 Å². The highest BCUT2D eigenvalue weighted by molar-refractivity contribution is 9.10. The Kier molecular flexibility index (Phi) is 3.57. The van der Waals surface area contributed by atoms with E-state index in [2.05, 4.69) is 26.0 Å². The first-order valence-corrected chi connectivity index (χ1v) is 4.61. The van der Waals surface area contributed by atoms with Crippen molar-refractivity contribution in [2.75, 3.05) is 12.4 Å². The van der Waals surface area contributed by atoms with Gasteiger partial charge in [0.1, 0.15) is 0 Å². The summed E-state index contributed by atoms with van der Waals surface area (Å²) in [6.45, 7) is 0. The molecule has 1 amide bonds. The number of methoxy groups -OCH3 is 1. The number of rotatable bonds is 1. The zero-order chi connectivity index (χ0) is 9.84. The minimum Gasteiger partial charge on any atom is -0.453 e. The number of ether oxygens (including phenoxy) is 1. The predicted molar refractivity (Wildman–Crippen MR) is 55.2 cm³/mol. The van der Waals surface area contributed by atoms with Gasteiger partial charge in [-0.15, -0.1) is 0 Å². The molecule has 0 fully saturated rings. The highest BCUT2D eigenvalue weighted by atomic mass is 79.9. The number of anilines is 1. The molecule has 1 aromatic carbocycles. The fourth-order valence-corrected chi connectivity index (χ4v) is 1.30. The van der Waals surface area contributed by atoms with E-state index in [9.17, 15) is 4.79 Å². The molecule has 0 aliphatic heterocycles. The topological polar surface area (TPSA) is 38.3 Å². The van der Waals surface area contributed by atoms with Crippen LogP contribution in [0.15, 0.2) is 22.7 Å². The van der Waals surface area contributed by atoms with Crippen LogP contribution < -0.4 is 5.32 Å². The number of hydrogen-bond donors (Lipinski definition) is 1. The highest BCUT2D eigenvalue weighted by Crippen LogP contribution is 2.29. The Morgan fingerprint density at radius 2 is 2.31 bits per heavy atom. The molecule has 0 saturated carbocycles. The van der Waals surface area contributed by atoms with Crippen molar-refractivity contribution in [1.29, 1.82) is 0 Å². The summed E-state index contributed by atoms with van der Waals surface area (Å²) >= 11 is 9.04. The van der Waals surface area contributed by atoms with Gasteiger partial charge in [0.05, 0.1) is 22.3 Å². The molecule has 0 radical (unpaired) electrons. The third-order valence-corrected chi connectivity index (χ3v) is 2.77. The molecule has 0 atom stereocenters. The first-order valence-electron chi connectivity index (χ1n) is 3.44. The Morgan fingerprint density at radius 1 is 1.62 bits per heavy atom. The van der Waals surface area contributed by atoms with E-state index in [1.54, 1.807) is 18.2 Å². The molecule has 0 aliphatic rings. The smallest absolute Gasteiger partial charge is 0.411 e. The van der Waals surface area contributed by atoms with E-state index in [0.29, 0.717) is 15.2 Å². The molecule has 0 saturated heterocycles. The van der Waals surface area contributed by atoms with Crippen LogP contribution >= 0.6 is 27.5 Å². The largest absolute Gasteiger partial charge is 0.453 e. The average molecular weight is 265 g/mol. The van der Waals surface area contributed by atoms with Gasteiger partial charge in [0.2, 0.25) is 0 Å². The summed E-state index contributed by atoms with van der Waals surface area (Å²) in [5.41, 5.74) is 0.583. The molecule has 1 aromatic rings. The summed E-state index contributed by atoms with van der Waals surface area (Å²) in [6, 6.07) is 5.17. The normalized spacial score (nSPS) is 9.46. The summed E-state index contributed by atoms with van der Waals surface area (Å²) in [6.07, 6.45) is -0.525. The van der Waals surface area contributed by atoms with Crippen molar-refractivity contribution in [1.82, 2.24) is 0 Å². The van der Waals surface area contributed by atoms with Crippen molar-refractivity contribution in [2.45, 2.75) is 0 Å². The van der Waals surface area contributed by atoms with Crippen LogP contribution in [-0.2, 0) is 4.74 Å². The highest BCUT2D eigenvalue weighted by Gasteiger charge is 2.06. The van der Waals surface area contributed by atoms with Crippen molar-refractivity contribution in [3.63, 3.8) is 0 Å². The van der Waals surface area contributed by atoms with Gasteiger partial charge in [-0.2, -0.15) is 0 Å². The summed E-state index contributed by atoms with van der Waals surface area (Å²) < 4.78 is 5.08. The van der Waals surface area contributed by atoms with Gasteiger partial charge < -0.3 is 4.74 Å². The fraction of sp³-hybridized carbons (Fsp3) is 0.125. The van der Waals surface area contributed by atoms with Gasteiger partial charge in [0, 0.05) is 0 Å². The van der Waals surface area contributed by atoms with E-state index in [-0.39, 0.29) is 0 Å². The Morgan fingerprint density at radius 3 is 2.92 bits per heavy atom. The number of carbonyl (C=O) groups excluding carboxylic acids is 1. The fourth-order valence-electron chi connectivity index (χ4n) is 0.761. The molecule has 3 nitrogen and oxygen atoms in total. The first kappa shape index (κ1) is 10.3. The SMILES string of the molecule is COC(=O)Nc1cccc(Cl)c1Br. The maximum Gasteiger partial charge on any atom is 0.411 e. The maximum atomic E-state index is 10.8. The summed E-state index contributed by atoms with van der Waals surface area (Å²) in [4.78, 5) is 10.8. The molecular weight excluding hydrogens is 257 g/mol. The third kappa shape index (κ3) is 2.60. The molecule has 0 aromatic heterocycles. The lowest BCUT2D eigenvalue weighted by molar-refractivity contribution is 0.187. The van der Waals surface area contributed by atoms with E-state index < -0.39 is 6.09 Å². The van der Waals surface area contributed by atoms with Crippen LogP contribution in [0, 0.1) is 0 Å². The van der Waals surface area contributed by atoms with Gasteiger partial charge in [-0.3, -0.25) is 5.32 Å². The molecule has 1 N–H and O–H groups in total. The third-order valence-electron chi connectivity index (χ3n) is 1.37. The standard InChI is InChI=1S/C8H7BrClNO2/c1-13-8(12)11-6-4-2-3-5(10)7(6)9/h2-4H,1H3,(H,11,12). The predicted octanol–water partition coefficient (Wildman–Crippen LogP) is 3.28. The quantitative estimate of drug-likeness (QED) is 0.845. The van der Waals surface area contributed by atoms with Crippen molar-refractivity contribution in [3.8, 4) is 0 Å². The number of benzene rings is 1. The molecule has 70 valence electrons. The number of halogens is 2. The summed E-state index contributed by atoms with van der Waals surface area (Å²) in [5.74, 6) is 0. The van der Waals surface area contributed by atoms with Gasteiger partial charge in [-0.25, -0.2) is 4.79 Å². The van der Waals surface area contributed by atoms with Crippen LogP contribution in [0.1, 0.15) is 0 Å². The van der Waals surface area contributed by atoms with Crippen molar-refractivity contribution < 1.29 is 9.53 Å². The zero-order valence-electron chi connectivity index (χ0n) is 6.80. The second-order valence-corrected chi connectivity index (χ2v) is 3.42. The van der Waals surface area contributed by atoms with Crippen molar-refractivity contribution in [3.05, 3.63) is 27.7 Å². The van der Waals surface area contributed by atoms with Gasteiger partial charge in [-0.1, -0.05) is 17.7 Å². The van der Waals surface area contributed by atoms with Crippen LogP contribution in [0.4, 0.5) is 10.5 Å². The summed E-state index contributed by atoms with van der Waals surface area (Å²) in [5, 5.41) is 3.04. The van der Waals surface area contributed by atoms with Crippen LogP contribution in [0.3, 0.4) is 0 Å². The molecule has 0 heterocycles. The van der Waals surface area contributed by atoms with Crippen LogP contribution in [0.5, 0.6) is 0 Å². The van der Waals surface area contributed by atoms with Crippen LogP contribution in [-0.4, -0.2) is 13.2 Å². The lowest BCUT2D eigenvalue weighted by Crippen LogP contribution is -2.11. The zero-order valence-corrected chi connectivity index (χ0v) is 9.15. The molecular formula is C8H7BrClNO2. The van der Waals surface area contributed by atoms with E-state index in [4.69, 9.17) is 11.6 Å². The Bertz CT molecular complexity index is 330. The number of carbonyl (C=O) groups is 1. The first-order chi connectivity index (χ1) is 6.15. The van der Waals surface area contributed by atoms with Gasteiger partial charge in [0.15, 0.2) is 0 Å². The second kappa shape index (κ2) is 4.48. The number of hydrogen-bond acceptors (Lipinski definition) is 2. The molecule has 1 rings (SSSR count). The number of amides is 1. The van der Waals surface area contributed by atoms with Crippen LogP contribution in [0.25, 0.3) is 0 Å². The molecule has 0 spiro atoms. The van der Waals surface area contributed by atoms with Crippen LogP contribution in [0.2, 0.25) is 5.02 Å². The molecule has 5 heteroatoms. The van der Waals surface area contributed by atoms with Gasteiger partial charge in [-0.05, 0) is 28.1 Å². The minimum absolute atomic E-state index is 0.525. The lowest BCUT2D eigenvalue weighted by atomic mass is 10.3. The molecule has 13 heavy (non-hydrogen) atoms. The monoisotopic (exact) mass is 263 g/mol. The van der Waals surface area contributed by atoms with Gasteiger partial charge in [0.25, 0.3) is 0 Å². The lowest BCUT2D eigenvalue weighted by Gasteiger charge is -2.06.